The second kappa shape index (κ2) is 5.68. The number of thiazole rings is 1. The molecule has 0 radical (unpaired) electrons. The van der Waals surface area contributed by atoms with Gasteiger partial charge < -0.3 is 10.4 Å². The summed E-state index contributed by atoms with van der Waals surface area (Å²) in [6, 6.07) is 5.60. The maximum atomic E-state index is 12.1. The Hall–Kier alpha value is -2.81. The molecule has 1 aromatic carbocycles. The molecule has 0 atom stereocenters. The Labute approximate surface area is 140 Å². The molecule has 3 aromatic rings. The molecule has 1 aliphatic carbocycles. The summed E-state index contributed by atoms with van der Waals surface area (Å²) in [4.78, 5) is 27.4. The number of anilines is 1. The number of hydrogen-bond donors (Lipinski definition) is 2. The molecule has 0 saturated heterocycles. The largest absolute Gasteiger partial charge is 0.476 e. The SMILES string of the molecule is O=C(Cn1cc(C(=O)O)nn1)Nc1ccc2nc(C3CC3)sc2c1. The molecule has 122 valence electrons. The predicted octanol–water partition coefficient (Wildman–Crippen LogP) is 2.10. The molecule has 0 aliphatic heterocycles. The Morgan fingerprint density at radius 1 is 1.38 bits per heavy atom. The van der Waals surface area contributed by atoms with Gasteiger partial charge in [-0.1, -0.05) is 5.21 Å². The number of nitrogens with zero attached hydrogens (tertiary/aromatic N) is 4. The smallest absolute Gasteiger partial charge is 0.358 e. The Kier molecular flexibility index (Phi) is 3.49. The lowest BCUT2D eigenvalue weighted by molar-refractivity contribution is -0.116. The average Bonchev–Trinajstić information content (AvgIpc) is 3.13. The van der Waals surface area contributed by atoms with Crippen LogP contribution in [-0.2, 0) is 11.3 Å². The number of rotatable bonds is 5. The molecule has 9 heteroatoms. The number of fused-ring (bicyclic) bond motifs is 1. The van der Waals surface area contributed by atoms with E-state index in [9.17, 15) is 9.59 Å². The molecule has 0 bridgehead atoms. The molecular formula is C15H13N5O3S. The van der Waals surface area contributed by atoms with E-state index in [1.807, 2.05) is 12.1 Å². The molecule has 1 saturated carbocycles. The summed E-state index contributed by atoms with van der Waals surface area (Å²) < 4.78 is 2.23. The third kappa shape index (κ3) is 2.98. The number of carbonyl (C=O) groups is 2. The Bertz CT molecular complexity index is 944. The third-order valence-corrected chi connectivity index (χ3v) is 4.86. The first-order chi connectivity index (χ1) is 11.6. The van der Waals surface area contributed by atoms with E-state index in [-0.39, 0.29) is 18.1 Å². The van der Waals surface area contributed by atoms with Gasteiger partial charge in [-0.15, -0.1) is 16.4 Å². The van der Waals surface area contributed by atoms with Crippen LogP contribution in [0.5, 0.6) is 0 Å². The minimum absolute atomic E-state index is 0.103. The maximum Gasteiger partial charge on any atom is 0.358 e. The zero-order valence-corrected chi connectivity index (χ0v) is 13.3. The number of benzene rings is 1. The minimum atomic E-state index is -1.18. The highest BCUT2D eigenvalue weighted by Gasteiger charge is 2.27. The van der Waals surface area contributed by atoms with Crippen molar-refractivity contribution in [3.8, 4) is 0 Å². The summed E-state index contributed by atoms with van der Waals surface area (Å²) >= 11 is 1.66. The highest BCUT2D eigenvalue weighted by Crippen LogP contribution is 2.43. The Morgan fingerprint density at radius 3 is 2.92 bits per heavy atom. The van der Waals surface area contributed by atoms with E-state index in [1.54, 1.807) is 17.4 Å². The highest BCUT2D eigenvalue weighted by atomic mass is 32.1. The molecule has 2 aromatic heterocycles. The second-order valence-corrected chi connectivity index (χ2v) is 6.73. The summed E-state index contributed by atoms with van der Waals surface area (Å²) in [5.74, 6) is -0.872. The summed E-state index contributed by atoms with van der Waals surface area (Å²) in [6.07, 6.45) is 3.63. The van der Waals surface area contributed by atoms with E-state index >= 15 is 0 Å². The van der Waals surface area contributed by atoms with Crippen LogP contribution in [0.15, 0.2) is 24.4 Å². The van der Waals surface area contributed by atoms with Crippen molar-refractivity contribution in [2.24, 2.45) is 0 Å². The first-order valence-electron chi connectivity index (χ1n) is 7.42. The molecule has 2 heterocycles. The zero-order valence-electron chi connectivity index (χ0n) is 12.5. The lowest BCUT2D eigenvalue weighted by Gasteiger charge is -2.04. The van der Waals surface area contributed by atoms with Crippen LogP contribution in [0.2, 0.25) is 0 Å². The van der Waals surface area contributed by atoms with Crippen molar-refractivity contribution in [3.05, 3.63) is 35.1 Å². The summed E-state index contributed by atoms with van der Waals surface area (Å²) in [6.45, 7) is -0.103. The number of aromatic carboxylic acids is 1. The fourth-order valence-electron chi connectivity index (χ4n) is 2.35. The van der Waals surface area contributed by atoms with Crippen LogP contribution in [0, 0.1) is 0 Å². The molecule has 0 unspecified atom stereocenters. The molecule has 24 heavy (non-hydrogen) atoms. The van der Waals surface area contributed by atoms with E-state index < -0.39 is 5.97 Å². The number of carboxylic acids is 1. The number of aromatic nitrogens is 4. The number of carbonyl (C=O) groups excluding carboxylic acids is 1. The molecule has 1 aliphatic rings. The van der Waals surface area contributed by atoms with Gasteiger partial charge in [0.25, 0.3) is 0 Å². The zero-order chi connectivity index (χ0) is 16.7. The molecule has 2 N–H and O–H groups in total. The quantitative estimate of drug-likeness (QED) is 0.734. The van der Waals surface area contributed by atoms with Crippen molar-refractivity contribution in [1.82, 2.24) is 20.0 Å². The van der Waals surface area contributed by atoms with Crippen LogP contribution >= 0.6 is 11.3 Å². The maximum absolute atomic E-state index is 12.1. The van der Waals surface area contributed by atoms with Crippen LogP contribution in [0.3, 0.4) is 0 Å². The summed E-state index contributed by atoms with van der Waals surface area (Å²) in [7, 11) is 0. The normalized spacial score (nSPS) is 14.0. The number of nitrogens with one attached hydrogen (secondary N) is 1. The van der Waals surface area contributed by atoms with E-state index in [1.165, 1.54) is 23.7 Å². The Balaban J connectivity index is 1.46. The number of amides is 1. The van der Waals surface area contributed by atoms with Gasteiger partial charge in [-0.3, -0.25) is 4.79 Å². The van der Waals surface area contributed by atoms with E-state index in [0.717, 1.165) is 15.2 Å². The minimum Gasteiger partial charge on any atom is -0.476 e. The fourth-order valence-corrected chi connectivity index (χ4v) is 3.52. The van der Waals surface area contributed by atoms with Crippen molar-refractivity contribution >= 4 is 39.1 Å². The van der Waals surface area contributed by atoms with Crippen molar-refractivity contribution in [2.75, 3.05) is 5.32 Å². The second-order valence-electron chi connectivity index (χ2n) is 5.66. The van der Waals surface area contributed by atoms with Gasteiger partial charge in [0.2, 0.25) is 5.91 Å². The van der Waals surface area contributed by atoms with E-state index in [0.29, 0.717) is 11.6 Å². The molecular weight excluding hydrogens is 330 g/mol. The third-order valence-electron chi connectivity index (χ3n) is 3.68. The van der Waals surface area contributed by atoms with Crippen LogP contribution in [0.4, 0.5) is 5.69 Å². The first kappa shape index (κ1) is 14.8. The lowest BCUT2D eigenvalue weighted by Crippen LogP contribution is -2.19. The first-order valence-corrected chi connectivity index (χ1v) is 8.24. The summed E-state index contributed by atoms with van der Waals surface area (Å²) in [5, 5.41) is 19.8. The van der Waals surface area contributed by atoms with Crippen molar-refractivity contribution in [1.29, 1.82) is 0 Å². The van der Waals surface area contributed by atoms with Crippen LogP contribution in [0.1, 0.15) is 34.3 Å². The summed E-state index contributed by atoms with van der Waals surface area (Å²) in [5.41, 5.74) is 1.43. The predicted molar refractivity (Wildman–Crippen MR) is 87.2 cm³/mol. The standard InChI is InChI=1S/C15H13N5O3S/c21-13(7-20-6-11(15(22)23)18-19-20)16-9-3-4-10-12(5-9)24-14(17-10)8-1-2-8/h3-6,8H,1-2,7H2,(H,16,21)(H,22,23). The van der Waals surface area contributed by atoms with Gasteiger partial charge in [-0.25, -0.2) is 14.5 Å². The average molecular weight is 343 g/mol. The molecule has 1 fully saturated rings. The van der Waals surface area contributed by atoms with Crippen molar-refractivity contribution in [2.45, 2.75) is 25.3 Å². The topological polar surface area (TPSA) is 110 Å². The number of hydrogen-bond acceptors (Lipinski definition) is 6. The number of carboxylic acid groups (broad SMARTS) is 1. The van der Waals surface area contributed by atoms with Gasteiger partial charge in [0.05, 0.1) is 21.4 Å². The molecule has 0 spiro atoms. The Morgan fingerprint density at radius 2 is 2.21 bits per heavy atom. The van der Waals surface area contributed by atoms with Crippen molar-refractivity contribution < 1.29 is 14.7 Å². The monoisotopic (exact) mass is 343 g/mol. The van der Waals surface area contributed by atoms with Crippen LogP contribution in [0.25, 0.3) is 10.2 Å². The van der Waals surface area contributed by atoms with Crippen LogP contribution < -0.4 is 5.32 Å². The molecule has 4 rings (SSSR count). The fraction of sp³-hybridized carbons (Fsp3) is 0.267. The van der Waals surface area contributed by atoms with Gasteiger partial charge in [-0.2, -0.15) is 0 Å². The van der Waals surface area contributed by atoms with E-state index in [2.05, 4.69) is 20.6 Å². The highest BCUT2D eigenvalue weighted by molar-refractivity contribution is 7.18. The van der Waals surface area contributed by atoms with Gasteiger partial charge in [-0.05, 0) is 31.0 Å². The molecule has 1 amide bonds. The van der Waals surface area contributed by atoms with Gasteiger partial charge >= 0.3 is 5.97 Å². The van der Waals surface area contributed by atoms with E-state index in [4.69, 9.17) is 5.11 Å². The van der Waals surface area contributed by atoms with Gasteiger partial charge in [0, 0.05) is 11.6 Å². The van der Waals surface area contributed by atoms with Crippen molar-refractivity contribution in [3.63, 3.8) is 0 Å². The van der Waals surface area contributed by atoms with Gasteiger partial charge in [0.1, 0.15) is 6.54 Å². The lowest BCUT2D eigenvalue weighted by atomic mass is 10.3. The van der Waals surface area contributed by atoms with Gasteiger partial charge in [0.15, 0.2) is 5.69 Å². The molecule has 8 nitrogen and oxygen atoms in total. The van der Waals surface area contributed by atoms with Crippen LogP contribution in [-0.4, -0.2) is 37.0 Å².